The summed E-state index contributed by atoms with van der Waals surface area (Å²) in [6.45, 7) is 8.63. The molecule has 0 saturated heterocycles. The number of phenolic OH excluding ortho intramolecular Hbond substituents is 1. The summed E-state index contributed by atoms with van der Waals surface area (Å²) in [6, 6.07) is 5.31. The number of dihydropyridines is 1. The van der Waals surface area contributed by atoms with Gasteiger partial charge in [0.05, 0.1) is 19.3 Å². The summed E-state index contributed by atoms with van der Waals surface area (Å²) in [5.74, 6) is 0.0135. The lowest BCUT2D eigenvalue weighted by Gasteiger charge is -2.40. The predicted octanol–water partition coefficient (Wildman–Crippen LogP) is 4.39. The number of nitrogens with one attached hydrogen (secondary N) is 1. The summed E-state index contributed by atoms with van der Waals surface area (Å²) in [4.78, 5) is 12.8. The molecule has 2 N–H and O–H groups in total. The second kappa shape index (κ2) is 7.29. The van der Waals surface area contributed by atoms with Gasteiger partial charge in [-0.15, -0.1) is 0 Å². The first-order valence-electron chi connectivity index (χ1n) is 9.51. The molecule has 5 nitrogen and oxygen atoms in total. The highest BCUT2D eigenvalue weighted by molar-refractivity contribution is 5.92. The molecule has 0 aromatic heterocycles. The molecule has 1 aromatic carbocycles. The Hall–Kier alpha value is -2.43. The van der Waals surface area contributed by atoms with Crippen molar-refractivity contribution in [1.29, 1.82) is 0 Å². The van der Waals surface area contributed by atoms with Gasteiger partial charge in [0.25, 0.3) is 0 Å². The molecule has 0 bridgehead atoms. The highest BCUT2D eigenvalue weighted by Crippen LogP contribution is 2.49. The summed E-state index contributed by atoms with van der Waals surface area (Å²) < 4.78 is 10.7. The molecule has 1 aromatic rings. The maximum absolute atomic E-state index is 12.8. The average Bonchev–Trinajstić information content (AvgIpc) is 2.60. The van der Waals surface area contributed by atoms with Crippen LogP contribution in [-0.2, 0) is 9.53 Å². The number of esters is 1. The van der Waals surface area contributed by atoms with Crippen molar-refractivity contribution in [3.8, 4) is 11.5 Å². The zero-order valence-electron chi connectivity index (χ0n) is 16.8. The Balaban J connectivity index is 2.14. The molecule has 1 aliphatic heterocycles. The fourth-order valence-electron chi connectivity index (χ4n) is 4.15. The van der Waals surface area contributed by atoms with Crippen LogP contribution in [-0.4, -0.2) is 24.8 Å². The van der Waals surface area contributed by atoms with Gasteiger partial charge >= 0.3 is 5.97 Å². The summed E-state index contributed by atoms with van der Waals surface area (Å²) >= 11 is 0. The molecule has 0 amide bonds. The number of hydrogen-bond acceptors (Lipinski definition) is 5. The number of carbonyl (C=O) groups excluding carboxylic acids is 1. The number of carbonyl (C=O) groups is 1. The number of allylic oxidation sites excluding steroid dienone is 3. The van der Waals surface area contributed by atoms with Gasteiger partial charge in [-0.3, -0.25) is 0 Å². The van der Waals surface area contributed by atoms with E-state index in [1.807, 2.05) is 26.0 Å². The van der Waals surface area contributed by atoms with Crippen molar-refractivity contribution in [1.82, 2.24) is 5.32 Å². The molecule has 1 unspecified atom stereocenters. The molecule has 2 aliphatic rings. The van der Waals surface area contributed by atoms with Crippen LogP contribution >= 0.6 is 0 Å². The molecule has 0 radical (unpaired) electrons. The number of benzene rings is 1. The third kappa shape index (κ3) is 3.68. The first-order valence-corrected chi connectivity index (χ1v) is 9.51. The van der Waals surface area contributed by atoms with Gasteiger partial charge in [-0.2, -0.15) is 0 Å². The van der Waals surface area contributed by atoms with Crippen molar-refractivity contribution < 1.29 is 19.4 Å². The van der Waals surface area contributed by atoms with Crippen molar-refractivity contribution in [3.63, 3.8) is 0 Å². The molecular formula is C22H29NO4. The van der Waals surface area contributed by atoms with Gasteiger partial charge in [-0.05, 0) is 61.8 Å². The van der Waals surface area contributed by atoms with Crippen molar-refractivity contribution in [2.24, 2.45) is 5.41 Å². The number of methoxy groups -OCH3 is 1. The van der Waals surface area contributed by atoms with E-state index in [1.165, 1.54) is 18.4 Å². The topological polar surface area (TPSA) is 67.8 Å². The van der Waals surface area contributed by atoms with E-state index in [2.05, 4.69) is 19.2 Å². The van der Waals surface area contributed by atoms with E-state index >= 15 is 0 Å². The lowest BCUT2D eigenvalue weighted by molar-refractivity contribution is -0.138. The van der Waals surface area contributed by atoms with Gasteiger partial charge in [-0.25, -0.2) is 4.79 Å². The predicted molar refractivity (Wildman–Crippen MR) is 105 cm³/mol. The smallest absolute Gasteiger partial charge is 0.336 e. The molecule has 0 spiro atoms. The molecule has 0 fully saturated rings. The van der Waals surface area contributed by atoms with Gasteiger partial charge in [-0.1, -0.05) is 19.9 Å². The van der Waals surface area contributed by atoms with Crippen molar-refractivity contribution in [2.75, 3.05) is 13.7 Å². The molecular weight excluding hydrogens is 342 g/mol. The summed E-state index contributed by atoms with van der Waals surface area (Å²) in [6.07, 6.45) is 2.93. The summed E-state index contributed by atoms with van der Waals surface area (Å²) in [5.41, 5.74) is 5.07. The van der Waals surface area contributed by atoms with E-state index in [0.29, 0.717) is 17.9 Å². The van der Waals surface area contributed by atoms with Gasteiger partial charge in [0.15, 0.2) is 11.5 Å². The number of phenols is 1. The van der Waals surface area contributed by atoms with Crippen molar-refractivity contribution >= 4 is 5.97 Å². The maximum Gasteiger partial charge on any atom is 0.336 e. The Labute approximate surface area is 161 Å². The van der Waals surface area contributed by atoms with Crippen LogP contribution in [0.25, 0.3) is 0 Å². The lowest BCUT2D eigenvalue weighted by atomic mass is 9.69. The highest BCUT2D eigenvalue weighted by Gasteiger charge is 2.39. The molecule has 0 saturated carbocycles. The Morgan fingerprint density at radius 2 is 2.11 bits per heavy atom. The minimum atomic E-state index is -0.295. The Morgan fingerprint density at radius 1 is 1.37 bits per heavy atom. The fraction of sp³-hybridized carbons (Fsp3) is 0.500. The average molecular weight is 371 g/mol. The Kier molecular flexibility index (Phi) is 5.22. The third-order valence-electron chi connectivity index (χ3n) is 5.53. The Morgan fingerprint density at radius 3 is 2.78 bits per heavy atom. The van der Waals surface area contributed by atoms with Crippen LogP contribution in [0.5, 0.6) is 11.5 Å². The van der Waals surface area contributed by atoms with Crippen LogP contribution < -0.4 is 10.1 Å². The molecule has 1 heterocycles. The van der Waals surface area contributed by atoms with Crippen LogP contribution in [0.4, 0.5) is 0 Å². The van der Waals surface area contributed by atoms with Crippen LogP contribution in [0, 0.1) is 5.41 Å². The normalized spacial score (nSPS) is 21.4. The second-order valence-corrected chi connectivity index (χ2v) is 8.09. The number of hydrogen-bond donors (Lipinski definition) is 2. The SMILES string of the molecule is CCOC(=O)C1=C(C)NC2=C(CCC(C)(C)C2)C1c1ccc(O)c(OC)c1. The molecule has 3 rings (SSSR count). The maximum atomic E-state index is 12.8. The lowest BCUT2D eigenvalue weighted by Crippen LogP contribution is -2.34. The first-order chi connectivity index (χ1) is 12.8. The van der Waals surface area contributed by atoms with E-state index < -0.39 is 0 Å². The van der Waals surface area contributed by atoms with Crippen LogP contribution in [0.1, 0.15) is 58.4 Å². The monoisotopic (exact) mass is 371 g/mol. The number of aromatic hydroxyl groups is 1. The number of ether oxygens (including phenoxy) is 2. The standard InChI is InChI=1S/C22H29NO4/c1-6-27-21(25)19-13(2)23-16-12-22(3,4)10-9-15(16)20(19)14-7-8-17(24)18(11-14)26-5/h7-8,11,20,23-24H,6,9-10,12H2,1-5H3. The molecule has 146 valence electrons. The van der Waals surface area contributed by atoms with Gasteiger partial charge in [0.2, 0.25) is 0 Å². The largest absolute Gasteiger partial charge is 0.504 e. The van der Waals surface area contributed by atoms with E-state index in [-0.39, 0.29) is 23.1 Å². The quantitative estimate of drug-likeness (QED) is 0.769. The van der Waals surface area contributed by atoms with Gasteiger partial charge < -0.3 is 19.9 Å². The highest BCUT2D eigenvalue weighted by atomic mass is 16.5. The second-order valence-electron chi connectivity index (χ2n) is 8.09. The summed E-state index contributed by atoms with van der Waals surface area (Å²) in [7, 11) is 1.53. The van der Waals surface area contributed by atoms with Crippen LogP contribution in [0.3, 0.4) is 0 Å². The Bertz CT molecular complexity index is 820. The van der Waals surface area contributed by atoms with E-state index in [0.717, 1.165) is 30.5 Å². The molecule has 27 heavy (non-hydrogen) atoms. The molecule has 5 heteroatoms. The third-order valence-corrected chi connectivity index (χ3v) is 5.53. The van der Waals surface area contributed by atoms with Crippen LogP contribution in [0.2, 0.25) is 0 Å². The minimum Gasteiger partial charge on any atom is -0.504 e. The first kappa shape index (κ1) is 19.3. The van der Waals surface area contributed by atoms with Crippen LogP contribution in [0.15, 0.2) is 40.7 Å². The minimum absolute atomic E-state index is 0.0903. The van der Waals surface area contributed by atoms with E-state index in [9.17, 15) is 9.90 Å². The number of rotatable bonds is 4. The van der Waals surface area contributed by atoms with E-state index in [4.69, 9.17) is 9.47 Å². The van der Waals surface area contributed by atoms with Gasteiger partial charge in [0.1, 0.15) is 0 Å². The van der Waals surface area contributed by atoms with Crippen molar-refractivity contribution in [3.05, 3.63) is 46.3 Å². The van der Waals surface area contributed by atoms with Gasteiger partial charge in [0, 0.05) is 17.3 Å². The summed E-state index contributed by atoms with van der Waals surface area (Å²) in [5, 5.41) is 13.5. The molecule has 1 atom stereocenters. The fourth-order valence-corrected chi connectivity index (χ4v) is 4.15. The zero-order chi connectivity index (χ0) is 19.8. The van der Waals surface area contributed by atoms with Crippen molar-refractivity contribution in [2.45, 2.75) is 52.9 Å². The zero-order valence-corrected chi connectivity index (χ0v) is 16.8. The van der Waals surface area contributed by atoms with E-state index in [1.54, 1.807) is 6.07 Å². The molecule has 1 aliphatic carbocycles.